The highest BCUT2D eigenvalue weighted by atomic mass is 32.2. The van der Waals surface area contributed by atoms with Crippen LogP contribution in [-0.4, -0.2) is 40.0 Å². The fraction of sp³-hybridized carbons (Fsp3) is 0.500. The Balaban J connectivity index is 2.79. The van der Waals surface area contributed by atoms with Crippen molar-refractivity contribution in [2.75, 3.05) is 20.5 Å². The zero-order valence-corrected chi connectivity index (χ0v) is 13.0. The summed E-state index contributed by atoms with van der Waals surface area (Å²) in [5.41, 5.74) is -0.734. The standard InChI is InChI=1S/C14H18O6S/c1-19-9-7-10(14(13(15)16)5-4-6-14)12(20-2)11(8-9)21(3,17)18/h7-8H,4-6H2,1-3H3,(H,15,16). The second-order valence-corrected chi connectivity index (χ2v) is 7.20. The molecule has 0 aromatic heterocycles. The molecule has 6 nitrogen and oxygen atoms in total. The van der Waals surface area contributed by atoms with Crippen molar-refractivity contribution in [3.63, 3.8) is 0 Å². The summed E-state index contributed by atoms with van der Waals surface area (Å²) in [6, 6.07) is 2.91. The maximum absolute atomic E-state index is 12.0. The SMILES string of the molecule is COc1cc(C2(C(=O)O)CCC2)c(OC)c(S(C)(=O)=O)c1. The lowest BCUT2D eigenvalue weighted by atomic mass is 9.64. The van der Waals surface area contributed by atoms with E-state index in [-0.39, 0.29) is 10.6 Å². The number of carboxylic acids is 1. The highest BCUT2D eigenvalue weighted by Gasteiger charge is 2.48. The third-order valence-electron chi connectivity index (χ3n) is 4.00. The minimum Gasteiger partial charge on any atom is -0.497 e. The van der Waals surface area contributed by atoms with Gasteiger partial charge in [0.15, 0.2) is 9.84 Å². The van der Waals surface area contributed by atoms with Crippen LogP contribution in [0.25, 0.3) is 0 Å². The van der Waals surface area contributed by atoms with E-state index in [0.29, 0.717) is 24.2 Å². The Kier molecular flexibility index (Phi) is 3.88. The molecule has 0 amide bonds. The zero-order valence-electron chi connectivity index (χ0n) is 12.2. The van der Waals surface area contributed by atoms with Crippen LogP contribution in [0.5, 0.6) is 11.5 Å². The van der Waals surface area contributed by atoms with Gasteiger partial charge in [0, 0.05) is 17.9 Å². The van der Waals surface area contributed by atoms with Gasteiger partial charge in [0.1, 0.15) is 16.4 Å². The van der Waals surface area contributed by atoms with Crippen LogP contribution in [0.4, 0.5) is 0 Å². The first-order chi connectivity index (χ1) is 9.76. The van der Waals surface area contributed by atoms with Crippen LogP contribution in [0, 0.1) is 0 Å². The number of aliphatic carboxylic acids is 1. The molecule has 0 spiro atoms. The molecular formula is C14H18O6S. The summed E-state index contributed by atoms with van der Waals surface area (Å²) in [5.74, 6) is -0.570. The number of carbonyl (C=O) groups is 1. The van der Waals surface area contributed by atoms with Crippen LogP contribution in [0.2, 0.25) is 0 Å². The minimum atomic E-state index is -3.57. The number of carboxylic acid groups (broad SMARTS) is 1. The Morgan fingerprint density at radius 3 is 2.19 bits per heavy atom. The molecule has 2 rings (SSSR count). The Morgan fingerprint density at radius 2 is 1.86 bits per heavy atom. The summed E-state index contributed by atoms with van der Waals surface area (Å²) >= 11 is 0. The summed E-state index contributed by atoms with van der Waals surface area (Å²) in [6.45, 7) is 0. The van der Waals surface area contributed by atoms with E-state index in [2.05, 4.69) is 0 Å². The number of ether oxygens (including phenoxy) is 2. The normalized spacial score (nSPS) is 16.9. The molecule has 1 aromatic rings. The summed E-state index contributed by atoms with van der Waals surface area (Å²) in [5, 5.41) is 9.57. The summed E-state index contributed by atoms with van der Waals surface area (Å²) in [6.07, 6.45) is 2.74. The van der Waals surface area contributed by atoms with E-state index in [1.807, 2.05) is 0 Å². The van der Waals surface area contributed by atoms with Crippen molar-refractivity contribution in [2.24, 2.45) is 0 Å². The fourth-order valence-electron chi connectivity index (χ4n) is 2.66. The summed E-state index contributed by atoms with van der Waals surface area (Å²) < 4.78 is 34.3. The zero-order chi connectivity index (χ0) is 15.8. The predicted octanol–water partition coefficient (Wildman–Crippen LogP) is 1.61. The molecule has 116 valence electrons. The maximum Gasteiger partial charge on any atom is 0.314 e. The molecule has 1 N–H and O–H groups in total. The fourth-order valence-corrected chi connectivity index (χ4v) is 3.53. The van der Waals surface area contributed by atoms with Gasteiger partial charge in [-0.25, -0.2) is 8.42 Å². The van der Waals surface area contributed by atoms with Gasteiger partial charge in [-0.2, -0.15) is 0 Å². The van der Waals surface area contributed by atoms with E-state index in [1.165, 1.54) is 20.3 Å². The molecular weight excluding hydrogens is 296 g/mol. The van der Waals surface area contributed by atoms with Crippen LogP contribution in [0.3, 0.4) is 0 Å². The summed E-state index contributed by atoms with van der Waals surface area (Å²) in [7, 11) is -0.819. The molecule has 0 atom stereocenters. The van der Waals surface area contributed by atoms with Gasteiger partial charge in [0.25, 0.3) is 0 Å². The molecule has 0 aliphatic heterocycles. The van der Waals surface area contributed by atoms with Gasteiger partial charge in [-0.15, -0.1) is 0 Å². The molecule has 1 aliphatic rings. The monoisotopic (exact) mass is 314 g/mol. The first kappa shape index (κ1) is 15.6. The first-order valence-electron chi connectivity index (χ1n) is 6.46. The van der Waals surface area contributed by atoms with Crippen LogP contribution >= 0.6 is 0 Å². The lowest BCUT2D eigenvalue weighted by Gasteiger charge is -2.39. The van der Waals surface area contributed by atoms with Crippen molar-refractivity contribution in [1.82, 2.24) is 0 Å². The maximum atomic E-state index is 12.0. The molecule has 21 heavy (non-hydrogen) atoms. The van der Waals surface area contributed by atoms with Gasteiger partial charge in [0.05, 0.1) is 19.6 Å². The molecule has 1 aromatic carbocycles. The second-order valence-electron chi connectivity index (χ2n) is 5.22. The van der Waals surface area contributed by atoms with Crippen LogP contribution < -0.4 is 9.47 Å². The Morgan fingerprint density at radius 1 is 1.24 bits per heavy atom. The molecule has 1 aliphatic carbocycles. The van der Waals surface area contributed by atoms with E-state index >= 15 is 0 Å². The van der Waals surface area contributed by atoms with Crippen molar-refractivity contribution in [3.05, 3.63) is 17.7 Å². The molecule has 0 unspecified atom stereocenters. The average molecular weight is 314 g/mol. The lowest BCUT2D eigenvalue weighted by molar-refractivity contribution is -0.147. The van der Waals surface area contributed by atoms with Gasteiger partial charge in [0.2, 0.25) is 0 Å². The van der Waals surface area contributed by atoms with Crippen LogP contribution in [0.15, 0.2) is 17.0 Å². The molecule has 1 saturated carbocycles. The van der Waals surface area contributed by atoms with Crippen molar-refractivity contribution < 1.29 is 27.8 Å². The minimum absolute atomic E-state index is 0.0492. The van der Waals surface area contributed by atoms with E-state index in [1.54, 1.807) is 6.07 Å². The highest BCUT2D eigenvalue weighted by Crippen LogP contribution is 2.50. The number of benzene rings is 1. The molecule has 0 bridgehead atoms. The predicted molar refractivity (Wildman–Crippen MR) is 75.8 cm³/mol. The van der Waals surface area contributed by atoms with Gasteiger partial charge >= 0.3 is 5.97 Å². The van der Waals surface area contributed by atoms with Gasteiger partial charge in [-0.3, -0.25) is 4.79 Å². The Bertz CT molecular complexity index is 673. The lowest BCUT2D eigenvalue weighted by Crippen LogP contribution is -2.42. The Labute approximate surface area is 123 Å². The number of hydrogen-bond acceptors (Lipinski definition) is 5. The smallest absolute Gasteiger partial charge is 0.314 e. The number of sulfone groups is 1. The second kappa shape index (κ2) is 5.22. The van der Waals surface area contributed by atoms with Crippen LogP contribution in [0.1, 0.15) is 24.8 Å². The molecule has 0 radical (unpaired) electrons. The van der Waals surface area contributed by atoms with E-state index in [0.717, 1.165) is 12.7 Å². The van der Waals surface area contributed by atoms with E-state index in [4.69, 9.17) is 9.47 Å². The molecule has 0 heterocycles. The molecule has 1 fully saturated rings. The quantitative estimate of drug-likeness (QED) is 0.888. The largest absolute Gasteiger partial charge is 0.497 e. The van der Waals surface area contributed by atoms with E-state index in [9.17, 15) is 18.3 Å². The van der Waals surface area contributed by atoms with Gasteiger partial charge in [-0.05, 0) is 18.9 Å². The number of methoxy groups -OCH3 is 2. The number of hydrogen-bond donors (Lipinski definition) is 1. The topological polar surface area (TPSA) is 89.9 Å². The van der Waals surface area contributed by atoms with Crippen molar-refractivity contribution in [2.45, 2.75) is 29.6 Å². The number of rotatable bonds is 5. The molecule has 7 heteroatoms. The van der Waals surface area contributed by atoms with Crippen molar-refractivity contribution in [1.29, 1.82) is 0 Å². The van der Waals surface area contributed by atoms with E-state index < -0.39 is 21.2 Å². The van der Waals surface area contributed by atoms with Crippen LogP contribution in [-0.2, 0) is 20.0 Å². The summed E-state index contributed by atoms with van der Waals surface area (Å²) in [4.78, 5) is 11.6. The third-order valence-corrected chi connectivity index (χ3v) is 5.10. The highest BCUT2D eigenvalue weighted by molar-refractivity contribution is 7.90. The van der Waals surface area contributed by atoms with Crippen molar-refractivity contribution >= 4 is 15.8 Å². The van der Waals surface area contributed by atoms with Crippen molar-refractivity contribution in [3.8, 4) is 11.5 Å². The van der Waals surface area contributed by atoms with Gasteiger partial charge in [-0.1, -0.05) is 6.42 Å². The third kappa shape index (κ3) is 2.46. The van der Waals surface area contributed by atoms with Gasteiger partial charge < -0.3 is 14.6 Å². The average Bonchev–Trinajstić information content (AvgIpc) is 2.34. The first-order valence-corrected chi connectivity index (χ1v) is 8.35. The molecule has 0 saturated heterocycles. The Hall–Kier alpha value is -1.76.